The molecule has 184 valence electrons. The lowest BCUT2D eigenvalue weighted by Gasteiger charge is -2.57. The number of methoxy groups -OCH3 is 1. The fourth-order valence-electron chi connectivity index (χ4n) is 10.3. The minimum atomic E-state index is -0.364. The van der Waals surface area contributed by atoms with Gasteiger partial charge in [0.25, 0.3) is 0 Å². The number of hydrogen-bond acceptors (Lipinski definition) is 4. The monoisotopic (exact) mass is 463 g/mol. The fourth-order valence-corrected chi connectivity index (χ4v) is 10.3. The van der Waals surface area contributed by atoms with Crippen molar-refractivity contribution in [1.82, 2.24) is 15.0 Å². The number of aliphatic hydroxyl groups is 1. The summed E-state index contributed by atoms with van der Waals surface area (Å²) < 4.78 is 5.34. The summed E-state index contributed by atoms with van der Waals surface area (Å²) >= 11 is 0. The zero-order valence-electron chi connectivity index (χ0n) is 21.1. The molecule has 5 saturated carbocycles. The second kappa shape index (κ2) is 7.69. The molecule has 0 amide bonds. The minimum absolute atomic E-state index is 0.290. The third kappa shape index (κ3) is 3.14. The van der Waals surface area contributed by atoms with Crippen LogP contribution in [0.1, 0.15) is 65.2 Å². The van der Waals surface area contributed by atoms with Crippen molar-refractivity contribution < 1.29 is 9.84 Å². The summed E-state index contributed by atoms with van der Waals surface area (Å²) in [4.78, 5) is 1.74. The smallest absolute Gasteiger partial charge is 0.121 e. The maximum atomic E-state index is 11.6. The van der Waals surface area contributed by atoms with Crippen LogP contribution in [0.5, 0.6) is 5.75 Å². The van der Waals surface area contributed by atoms with Crippen LogP contribution in [0.2, 0.25) is 0 Å². The van der Waals surface area contributed by atoms with Crippen LogP contribution in [0.3, 0.4) is 0 Å². The molecule has 2 aromatic rings. The van der Waals surface area contributed by atoms with Crippen LogP contribution in [0.15, 0.2) is 18.2 Å². The van der Waals surface area contributed by atoms with Crippen molar-refractivity contribution in [1.29, 1.82) is 0 Å². The molecule has 1 aromatic heterocycles. The molecule has 7 rings (SSSR count). The maximum absolute atomic E-state index is 11.6. The topological polar surface area (TPSA) is 60.2 Å². The molecule has 5 heteroatoms. The molecule has 5 fully saturated rings. The SMILES string of the molecule is COc1ccc2nn(CC(O)[C@H]3[C@H]4C[C@H]4C4C5CCC6CC(C)CCC6[C@H]5CCC43C)nc2c1. The Morgan fingerprint density at radius 2 is 1.82 bits per heavy atom. The van der Waals surface area contributed by atoms with E-state index in [1.807, 2.05) is 18.2 Å². The maximum Gasteiger partial charge on any atom is 0.121 e. The zero-order chi connectivity index (χ0) is 23.2. The van der Waals surface area contributed by atoms with Crippen LogP contribution in [0.25, 0.3) is 11.0 Å². The molecule has 0 spiro atoms. The summed E-state index contributed by atoms with van der Waals surface area (Å²) in [6.45, 7) is 5.54. The highest BCUT2D eigenvalue weighted by molar-refractivity contribution is 5.75. The van der Waals surface area contributed by atoms with E-state index in [0.29, 0.717) is 17.9 Å². The highest BCUT2D eigenvalue weighted by Gasteiger charge is 2.70. The predicted octanol–water partition coefficient (Wildman–Crippen LogP) is 5.56. The normalized spacial score (nSPS) is 45.7. The molecule has 1 N–H and O–H groups in total. The Morgan fingerprint density at radius 1 is 1.00 bits per heavy atom. The third-order valence-electron chi connectivity index (χ3n) is 11.5. The van der Waals surface area contributed by atoms with Gasteiger partial charge in [0.15, 0.2) is 0 Å². The van der Waals surface area contributed by atoms with Crippen LogP contribution in [0, 0.1) is 58.7 Å². The fraction of sp³-hybridized carbons (Fsp3) is 0.793. The average Bonchev–Trinajstić information content (AvgIpc) is 3.37. The lowest BCUT2D eigenvalue weighted by atomic mass is 9.48. The zero-order valence-corrected chi connectivity index (χ0v) is 21.1. The molecule has 0 radical (unpaired) electrons. The molecular weight excluding hydrogens is 422 g/mol. The molecule has 1 aromatic carbocycles. The van der Waals surface area contributed by atoms with E-state index in [1.54, 1.807) is 11.9 Å². The van der Waals surface area contributed by atoms with E-state index in [-0.39, 0.29) is 6.10 Å². The molecule has 0 bridgehead atoms. The van der Waals surface area contributed by atoms with Crippen LogP contribution in [0.4, 0.5) is 0 Å². The second-order valence-corrected chi connectivity index (χ2v) is 13.1. The van der Waals surface area contributed by atoms with Gasteiger partial charge in [-0.05, 0) is 116 Å². The van der Waals surface area contributed by atoms with Crippen LogP contribution < -0.4 is 4.74 Å². The molecule has 0 aliphatic heterocycles. The van der Waals surface area contributed by atoms with Crippen molar-refractivity contribution in [2.45, 2.75) is 77.9 Å². The van der Waals surface area contributed by atoms with Gasteiger partial charge in [-0.1, -0.05) is 20.3 Å². The highest BCUT2D eigenvalue weighted by Crippen LogP contribution is 2.75. The number of hydrogen-bond donors (Lipinski definition) is 1. The Labute approximate surface area is 203 Å². The molecule has 34 heavy (non-hydrogen) atoms. The number of ether oxygens (including phenoxy) is 1. The van der Waals surface area contributed by atoms with E-state index >= 15 is 0 Å². The van der Waals surface area contributed by atoms with Crippen molar-refractivity contribution in [2.75, 3.05) is 7.11 Å². The Morgan fingerprint density at radius 3 is 2.68 bits per heavy atom. The largest absolute Gasteiger partial charge is 0.497 e. The van der Waals surface area contributed by atoms with E-state index < -0.39 is 0 Å². The molecule has 11 atom stereocenters. The van der Waals surface area contributed by atoms with Gasteiger partial charge in [-0.15, -0.1) is 0 Å². The van der Waals surface area contributed by atoms with E-state index in [2.05, 4.69) is 24.0 Å². The molecule has 5 aliphatic rings. The van der Waals surface area contributed by atoms with Gasteiger partial charge in [-0.25, -0.2) is 0 Å². The van der Waals surface area contributed by atoms with Crippen molar-refractivity contribution in [2.24, 2.45) is 58.7 Å². The van der Waals surface area contributed by atoms with Crippen LogP contribution in [-0.4, -0.2) is 33.3 Å². The van der Waals surface area contributed by atoms with Crippen LogP contribution >= 0.6 is 0 Å². The van der Waals surface area contributed by atoms with E-state index in [9.17, 15) is 5.11 Å². The van der Waals surface area contributed by atoms with Gasteiger partial charge < -0.3 is 9.84 Å². The second-order valence-electron chi connectivity index (χ2n) is 13.1. The van der Waals surface area contributed by atoms with E-state index in [4.69, 9.17) is 4.74 Å². The number of aromatic nitrogens is 3. The first-order chi connectivity index (χ1) is 16.5. The van der Waals surface area contributed by atoms with Gasteiger partial charge in [0, 0.05) is 6.07 Å². The molecular formula is C29H41N3O2. The molecule has 5 nitrogen and oxygen atoms in total. The molecule has 0 saturated heterocycles. The van der Waals surface area contributed by atoms with Gasteiger partial charge in [0.05, 0.1) is 19.8 Å². The lowest BCUT2D eigenvalue weighted by molar-refractivity contribution is -0.101. The standard InChI is InChI=1S/C29H41N3O2/c1-16-4-7-19-17(12-16)5-8-21-20(19)10-11-29(2)27(21)22-14-23(22)28(29)26(33)15-32-30-24-9-6-18(34-3)13-25(24)31-32/h6,9,13,16-17,19-23,26-28,33H,4-5,7-8,10-12,14-15H2,1-3H3/t16?,17?,19?,20-,21?,22-,23+,26?,27?,28-,29?/m1/s1. The van der Waals surface area contributed by atoms with Gasteiger partial charge in [-0.3, -0.25) is 0 Å². The first-order valence-corrected chi connectivity index (χ1v) is 14.0. The minimum Gasteiger partial charge on any atom is -0.497 e. The Kier molecular flexibility index (Phi) is 4.89. The number of fused-ring (bicyclic) bond motifs is 8. The summed E-state index contributed by atoms with van der Waals surface area (Å²) in [6, 6.07) is 5.81. The summed E-state index contributed by atoms with van der Waals surface area (Å²) in [5.41, 5.74) is 2.00. The van der Waals surface area contributed by atoms with Crippen LogP contribution in [-0.2, 0) is 6.54 Å². The summed E-state index contributed by atoms with van der Waals surface area (Å²) in [5.74, 6) is 8.45. The molecule has 7 unspecified atom stereocenters. The lowest BCUT2D eigenvalue weighted by Crippen LogP contribution is -2.51. The van der Waals surface area contributed by atoms with Crippen molar-refractivity contribution in [3.8, 4) is 5.75 Å². The Balaban J connectivity index is 1.11. The summed E-state index contributed by atoms with van der Waals surface area (Å²) in [6.07, 6.45) is 11.1. The first kappa shape index (κ1) is 21.6. The number of benzene rings is 1. The van der Waals surface area contributed by atoms with Gasteiger partial charge >= 0.3 is 0 Å². The third-order valence-corrected chi connectivity index (χ3v) is 11.5. The number of nitrogens with zero attached hydrogens (tertiary/aromatic N) is 3. The number of rotatable bonds is 4. The first-order valence-electron chi connectivity index (χ1n) is 14.0. The highest BCUT2D eigenvalue weighted by atomic mass is 16.5. The van der Waals surface area contributed by atoms with Gasteiger partial charge in [0.2, 0.25) is 0 Å². The van der Waals surface area contributed by atoms with Gasteiger partial charge in [0.1, 0.15) is 16.8 Å². The Hall–Kier alpha value is -1.62. The predicted molar refractivity (Wildman–Crippen MR) is 132 cm³/mol. The summed E-state index contributed by atoms with van der Waals surface area (Å²) in [5, 5.41) is 21.0. The quantitative estimate of drug-likeness (QED) is 0.645. The molecule has 1 heterocycles. The van der Waals surface area contributed by atoms with Crippen molar-refractivity contribution in [3.63, 3.8) is 0 Å². The van der Waals surface area contributed by atoms with E-state index in [0.717, 1.165) is 64.1 Å². The van der Waals surface area contributed by atoms with Crippen molar-refractivity contribution >= 4 is 11.0 Å². The average molecular weight is 464 g/mol. The van der Waals surface area contributed by atoms with Gasteiger partial charge in [-0.2, -0.15) is 15.0 Å². The number of aliphatic hydroxyl groups excluding tert-OH is 1. The Bertz CT molecular complexity index is 1080. The molecule has 5 aliphatic carbocycles. The summed E-state index contributed by atoms with van der Waals surface area (Å²) in [7, 11) is 1.68. The van der Waals surface area contributed by atoms with E-state index in [1.165, 1.54) is 51.4 Å². The van der Waals surface area contributed by atoms with Crippen molar-refractivity contribution in [3.05, 3.63) is 18.2 Å².